The molecule has 0 spiro atoms. The standard InChI is InChI=1S/C17H28N2O2/c1-4-13(3)19-12-17(21)16(20)10-15(19)11-18-9-7-6-8-14(18)5-2/h10,12-14,21H,4-9,11H2,1-3H3. The summed E-state index contributed by atoms with van der Waals surface area (Å²) in [5.74, 6) is -0.148. The highest BCUT2D eigenvalue weighted by atomic mass is 16.3. The van der Waals surface area contributed by atoms with Gasteiger partial charge in [0, 0.05) is 30.4 Å². The minimum absolute atomic E-state index is 0.148. The van der Waals surface area contributed by atoms with Crippen LogP contribution in [0.4, 0.5) is 0 Å². The first-order valence-electron chi connectivity index (χ1n) is 8.24. The fourth-order valence-corrected chi connectivity index (χ4v) is 3.25. The number of piperidine rings is 1. The average molecular weight is 292 g/mol. The summed E-state index contributed by atoms with van der Waals surface area (Å²) in [6.07, 6.45) is 7.54. The molecule has 1 aliphatic rings. The van der Waals surface area contributed by atoms with E-state index in [4.69, 9.17) is 0 Å². The normalized spacial score (nSPS) is 21.4. The fraction of sp³-hybridized carbons (Fsp3) is 0.706. The van der Waals surface area contributed by atoms with Crippen LogP contribution in [0.15, 0.2) is 17.1 Å². The van der Waals surface area contributed by atoms with E-state index < -0.39 is 0 Å². The van der Waals surface area contributed by atoms with Gasteiger partial charge in [0.05, 0.1) is 6.20 Å². The van der Waals surface area contributed by atoms with Crippen molar-refractivity contribution in [3.8, 4) is 5.75 Å². The van der Waals surface area contributed by atoms with E-state index in [1.165, 1.54) is 19.3 Å². The second kappa shape index (κ2) is 7.12. The van der Waals surface area contributed by atoms with Gasteiger partial charge in [-0.2, -0.15) is 0 Å². The molecule has 118 valence electrons. The number of nitrogens with zero attached hydrogens (tertiary/aromatic N) is 2. The van der Waals surface area contributed by atoms with Crippen LogP contribution in [0, 0.1) is 0 Å². The van der Waals surface area contributed by atoms with Gasteiger partial charge in [-0.05, 0) is 39.2 Å². The highest BCUT2D eigenvalue weighted by Gasteiger charge is 2.22. The summed E-state index contributed by atoms with van der Waals surface area (Å²) in [5, 5.41) is 9.73. The Balaban J connectivity index is 2.29. The molecule has 0 aliphatic carbocycles. The van der Waals surface area contributed by atoms with Gasteiger partial charge in [-0.15, -0.1) is 0 Å². The Morgan fingerprint density at radius 1 is 1.38 bits per heavy atom. The van der Waals surface area contributed by atoms with E-state index in [9.17, 15) is 9.90 Å². The van der Waals surface area contributed by atoms with Crippen LogP contribution in [-0.2, 0) is 6.54 Å². The summed E-state index contributed by atoms with van der Waals surface area (Å²) >= 11 is 0. The molecule has 1 fully saturated rings. The van der Waals surface area contributed by atoms with E-state index in [0.717, 1.165) is 31.6 Å². The maximum absolute atomic E-state index is 11.8. The van der Waals surface area contributed by atoms with E-state index in [-0.39, 0.29) is 17.2 Å². The first-order chi connectivity index (χ1) is 10.1. The molecular weight excluding hydrogens is 264 g/mol. The number of aromatic hydroxyl groups is 1. The van der Waals surface area contributed by atoms with Crippen molar-refractivity contribution >= 4 is 0 Å². The Labute approximate surface area is 127 Å². The van der Waals surface area contributed by atoms with Crippen LogP contribution >= 0.6 is 0 Å². The molecule has 0 saturated carbocycles. The second-order valence-corrected chi connectivity index (χ2v) is 6.21. The molecule has 1 aliphatic heterocycles. The largest absolute Gasteiger partial charge is 0.503 e. The summed E-state index contributed by atoms with van der Waals surface area (Å²) in [6.45, 7) is 8.40. The van der Waals surface area contributed by atoms with Crippen molar-refractivity contribution in [2.24, 2.45) is 0 Å². The van der Waals surface area contributed by atoms with Crippen molar-refractivity contribution in [2.75, 3.05) is 6.54 Å². The number of hydrogen-bond donors (Lipinski definition) is 1. The van der Waals surface area contributed by atoms with Crippen molar-refractivity contribution in [1.29, 1.82) is 0 Å². The third-order valence-electron chi connectivity index (χ3n) is 4.79. The monoisotopic (exact) mass is 292 g/mol. The Bertz CT molecular complexity index is 524. The van der Waals surface area contributed by atoms with E-state index in [1.54, 1.807) is 12.3 Å². The highest BCUT2D eigenvalue weighted by molar-refractivity contribution is 5.21. The molecule has 0 bridgehead atoms. The average Bonchev–Trinajstić information content (AvgIpc) is 2.50. The minimum Gasteiger partial charge on any atom is -0.503 e. The molecular formula is C17H28N2O2. The summed E-state index contributed by atoms with van der Waals surface area (Å²) in [7, 11) is 0. The van der Waals surface area contributed by atoms with Gasteiger partial charge >= 0.3 is 0 Å². The van der Waals surface area contributed by atoms with E-state index in [2.05, 4.69) is 30.2 Å². The van der Waals surface area contributed by atoms with Gasteiger partial charge in [-0.3, -0.25) is 9.69 Å². The molecule has 4 nitrogen and oxygen atoms in total. The van der Waals surface area contributed by atoms with E-state index in [1.807, 2.05) is 0 Å². The van der Waals surface area contributed by atoms with Crippen LogP contribution in [0.25, 0.3) is 0 Å². The Morgan fingerprint density at radius 2 is 2.14 bits per heavy atom. The van der Waals surface area contributed by atoms with Gasteiger partial charge in [0.1, 0.15) is 0 Å². The molecule has 2 atom stereocenters. The maximum Gasteiger partial charge on any atom is 0.223 e. The number of aromatic nitrogens is 1. The van der Waals surface area contributed by atoms with Crippen molar-refractivity contribution in [2.45, 2.75) is 71.5 Å². The second-order valence-electron chi connectivity index (χ2n) is 6.21. The lowest BCUT2D eigenvalue weighted by Gasteiger charge is -2.36. The predicted molar refractivity (Wildman–Crippen MR) is 85.7 cm³/mol. The lowest BCUT2D eigenvalue weighted by molar-refractivity contribution is 0.131. The molecule has 1 N–H and O–H groups in total. The van der Waals surface area contributed by atoms with Gasteiger partial charge in [0.2, 0.25) is 5.43 Å². The van der Waals surface area contributed by atoms with Crippen molar-refractivity contribution in [3.05, 3.63) is 28.2 Å². The SMILES string of the molecule is CCC1CCCCN1Cc1cc(=O)c(O)cn1C(C)CC. The zero-order valence-electron chi connectivity index (χ0n) is 13.5. The van der Waals surface area contributed by atoms with E-state index in [0.29, 0.717) is 6.04 Å². The van der Waals surface area contributed by atoms with Gasteiger partial charge in [0.15, 0.2) is 5.75 Å². The summed E-state index contributed by atoms with van der Waals surface area (Å²) in [4.78, 5) is 14.3. The van der Waals surface area contributed by atoms with Crippen molar-refractivity contribution < 1.29 is 5.11 Å². The van der Waals surface area contributed by atoms with Gasteiger partial charge in [0.25, 0.3) is 0 Å². The van der Waals surface area contributed by atoms with Crippen LogP contribution in [0.2, 0.25) is 0 Å². The molecule has 2 rings (SSSR count). The summed E-state index contributed by atoms with van der Waals surface area (Å²) in [5.41, 5.74) is 0.752. The molecule has 1 aromatic heterocycles. The third kappa shape index (κ3) is 3.67. The van der Waals surface area contributed by atoms with Crippen molar-refractivity contribution in [3.63, 3.8) is 0 Å². The molecule has 1 aromatic rings. The quantitative estimate of drug-likeness (QED) is 0.905. The first-order valence-corrected chi connectivity index (χ1v) is 8.24. The third-order valence-corrected chi connectivity index (χ3v) is 4.79. The van der Waals surface area contributed by atoms with Crippen LogP contribution in [0.1, 0.15) is 64.6 Å². The zero-order valence-corrected chi connectivity index (χ0v) is 13.5. The molecule has 2 heterocycles. The summed E-state index contributed by atoms with van der Waals surface area (Å²) < 4.78 is 2.07. The van der Waals surface area contributed by atoms with Gasteiger partial charge < -0.3 is 9.67 Å². The molecule has 0 amide bonds. The lowest BCUT2D eigenvalue weighted by Crippen LogP contribution is -2.39. The van der Waals surface area contributed by atoms with Gasteiger partial charge in [-0.25, -0.2) is 0 Å². The minimum atomic E-state index is -0.269. The van der Waals surface area contributed by atoms with Crippen LogP contribution in [-0.4, -0.2) is 27.2 Å². The number of likely N-dealkylation sites (tertiary alicyclic amines) is 1. The first kappa shape index (κ1) is 16.1. The molecule has 21 heavy (non-hydrogen) atoms. The summed E-state index contributed by atoms with van der Waals surface area (Å²) in [6, 6.07) is 2.52. The lowest BCUT2D eigenvalue weighted by atomic mass is 9.99. The predicted octanol–water partition coefficient (Wildman–Crippen LogP) is 3.29. The van der Waals surface area contributed by atoms with Crippen LogP contribution in [0.3, 0.4) is 0 Å². The fourth-order valence-electron chi connectivity index (χ4n) is 3.25. The zero-order chi connectivity index (χ0) is 15.4. The number of rotatable bonds is 5. The highest BCUT2D eigenvalue weighted by Crippen LogP contribution is 2.23. The van der Waals surface area contributed by atoms with Crippen LogP contribution < -0.4 is 5.43 Å². The van der Waals surface area contributed by atoms with Crippen LogP contribution in [0.5, 0.6) is 5.75 Å². The van der Waals surface area contributed by atoms with Crippen molar-refractivity contribution in [1.82, 2.24) is 9.47 Å². The smallest absolute Gasteiger partial charge is 0.223 e. The number of pyridine rings is 1. The number of hydrogen-bond acceptors (Lipinski definition) is 3. The topological polar surface area (TPSA) is 45.5 Å². The maximum atomic E-state index is 11.8. The molecule has 0 aromatic carbocycles. The Hall–Kier alpha value is -1.29. The van der Waals surface area contributed by atoms with Gasteiger partial charge in [-0.1, -0.05) is 20.3 Å². The molecule has 2 unspecified atom stereocenters. The molecule has 0 radical (unpaired) electrons. The van der Waals surface area contributed by atoms with E-state index >= 15 is 0 Å². The molecule has 1 saturated heterocycles. The molecule has 4 heteroatoms. The Kier molecular flexibility index (Phi) is 5.45. The Morgan fingerprint density at radius 3 is 2.81 bits per heavy atom.